The molecule has 0 amide bonds. The molecule has 106 valence electrons. The first kappa shape index (κ1) is 16.1. The average molecular weight is 350 g/mol. The van der Waals surface area contributed by atoms with Gasteiger partial charge in [0.1, 0.15) is 6.04 Å². The SMILES string of the molecule is CCCC(NS(=O)(=O)Cc1ccccc1Br)C(=O)O. The van der Waals surface area contributed by atoms with Gasteiger partial charge < -0.3 is 5.11 Å². The fraction of sp³-hybridized carbons (Fsp3) is 0.417. The van der Waals surface area contributed by atoms with Crippen molar-refractivity contribution in [3.8, 4) is 0 Å². The van der Waals surface area contributed by atoms with E-state index in [0.29, 0.717) is 16.5 Å². The molecule has 0 aliphatic carbocycles. The summed E-state index contributed by atoms with van der Waals surface area (Å²) >= 11 is 3.27. The summed E-state index contributed by atoms with van der Waals surface area (Å²) in [6, 6.07) is 5.86. The molecule has 2 N–H and O–H groups in total. The van der Waals surface area contributed by atoms with E-state index in [4.69, 9.17) is 5.11 Å². The number of carboxylic acid groups (broad SMARTS) is 1. The number of sulfonamides is 1. The van der Waals surface area contributed by atoms with Gasteiger partial charge in [0.05, 0.1) is 5.75 Å². The molecule has 0 heterocycles. The topological polar surface area (TPSA) is 83.5 Å². The fourth-order valence-corrected chi connectivity index (χ4v) is 3.61. The van der Waals surface area contributed by atoms with Crippen molar-refractivity contribution < 1.29 is 18.3 Å². The van der Waals surface area contributed by atoms with Gasteiger partial charge in [-0.1, -0.05) is 47.5 Å². The Hall–Kier alpha value is -0.920. The van der Waals surface area contributed by atoms with E-state index in [1.165, 1.54) is 0 Å². The summed E-state index contributed by atoms with van der Waals surface area (Å²) in [6.07, 6.45) is 0.860. The molecule has 0 fully saturated rings. The highest BCUT2D eigenvalue weighted by atomic mass is 79.9. The highest BCUT2D eigenvalue weighted by Gasteiger charge is 2.23. The smallest absolute Gasteiger partial charge is 0.321 e. The lowest BCUT2D eigenvalue weighted by Gasteiger charge is -2.14. The third-order valence-electron chi connectivity index (χ3n) is 2.50. The molecule has 1 rings (SSSR count). The third kappa shape index (κ3) is 5.30. The van der Waals surface area contributed by atoms with Crippen molar-refractivity contribution in [2.45, 2.75) is 31.6 Å². The van der Waals surface area contributed by atoms with Crippen LogP contribution >= 0.6 is 15.9 Å². The van der Waals surface area contributed by atoms with Gasteiger partial charge in [0.15, 0.2) is 0 Å². The van der Waals surface area contributed by atoms with Gasteiger partial charge in [-0.05, 0) is 18.1 Å². The number of carboxylic acids is 1. The summed E-state index contributed by atoms with van der Waals surface area (Å²) in [6.45, 7) is 1.80. The Morgan fingerprint density at radius 3 is 2.58 bits per heavy atom. The zero-order chi connectivity index (χ0) is 14.5. The minimum atomic E-state index is -3.68. The van der Waals surface area contributed by atoms with E-state index < -0.39 is 22.0 Å². The van der Waals surface area contributed by atoms with Crippen LogP contribution in [0, 0.1) is 0 Å². The molecule has 0 saturated heterocycles. The molecule has 0 aromatic heterocycles. The fourth-order valence-electron chi connectivity index (χ4n) is 1.60. The van der Waals surface area contributed by atoms with Gasteiger partial charge in [0.25, 0.3) is 0 Å². The van der Waals surface area contributed by atoms with E-state index in [-0.39, 0.29) is 12.2 Å². The molecule has 5 nitrogen and oxygen atoms in total. The monoisotopic (exact) mass is 349 g/mol. The second-order valence-electron chi connectivity index (χ2n) is 4.15. The molecule has 1 aromatic carbocycles. The molecule has 0 saturated carbocycles. The minimum absolute atomic E-state index is 0.248. The van der Waals surface area contributed by atoms with Crippen molar-refractivity contribution in [2.75, 3.05) is 0 Å². The number of hydrogen-bond donors (Lipinski definition) is 2. The highest BCUT2D eigenvalue weighted by Crippen LogP contribution is 2.18. The standard InChI is InChI=1S/C12H16BrNO4S/c1-2-5-11(12(15)16)14-19(17,18)8-9-6-3-4-7-10(9)13/h3-4,6-7,11,14H,2,5,8H2,1H3,(H,15,16). The normalized spacial score (nSPS) is 13.2. The Bertz CT molecular complexity index is 544. The summed E-state index contributed by atoms with van der Waals surface area (Å²) in [5.74, 6) is -1.40. The first-order valence-corrected chi connectivity index (χ1v) is 8.26. The van der Waals surface area contributed by atoms with Crippen molar-refractivity contribution in [3.63, 3.8) is 0 Å². The molecule has 1 unspecified atom stereocenters. The van der Waals surface area contributed by atoms with Gasteiger partial charge in [-0.25, -0.2) is 13.1 Å². The number of aliphatic carboxylic acids is 1. The molecule has 7 heteroatoms. The van der Waals surface area contributed by atoms with Gasteiger partial charge >= 0.3 is 5.97 Å². The number of hydrogen-bond acceptors (Lipinski definition) is 3. The predicted molar refractivity (Wildman–Crippen MR) is 76.2 cm³/mol. The molecule has 0 aliphatic rings. The van der Waals surface area contributed by atoms with E-state index in [2.05, 4.69) is 20.7 Å². The summed E-state index contributed by atoms with van der Waals surface area (Å²) < 4.78 is 26.8. The van der Waals surface area contributed by atoms with Crippen molar-refractivity contribution in [1.82, 2.24) is 4.72 Å². The number of halogens is 1. The number of carbonyl (C=O) groups is 1. The average Bonchev–Trinajstić information content (AvgIpc) is 2.31. The van der Waals surface area contributed by atoms with Gasteiger partial charge in [-0.2, -0.15) is 0 Å². The van der Waals surface area contributed by atoms with Crippen molar-refractivity contribution in [3.05, 3.63) is 34.3 Å². The number of rotatable bonds is 7. The van der Waals surface area contributed by atoms with Gasteiger partial charge in [0, 0.05) is 4.47 Å². The summed E-state index contributed by atoms with van der Waals surface area (Å²) in [5.41, 5.74) is 0.593. The van der Waals surface area contributed by atoms with E-state index >= 15 is 0 Å². The number of benzene rings is 1. The third-order valence-corrected chi connectivity index (χ3v) is 4.61. The van der Waals surface area contributed by atoms with Gasteiger partial charge in [-0.3, -0.25) is 4.79 Å². The van der Waals surface area contributed by atoms with Crippen LogP contribution < -0.4 is 4.72 Å². The summed E-state index contributed by atoms with van der Waals surface area (Å²) in [5, 5.41) is 8.95. The van der Waals surface area contributed by atoms with Crippen LogP contribution in [0.25, 0.3) is 0 Å². The summed E-state index contributed by atoms with van der Waals surface area (Å²) in [7, 11) is -3.68. The second-order valence-corrected chi connectivity index (χ2v) is 6.76. The van der Waals surface area contributed by atoms with Crippen LogP contribution in [0.3, 0.4) is 0 Å². The van der Waals surface area contributed by atoms with Crippen molar-refractivity contribution in [2.24, 2.45) is 0 Å². The number of nitrogens with one attached hydrogen (secondary N) is 1. The van der Waals surface area contributed by atoms with Crippen LogP contribution in [-0.2, 0) is 20.6 Å². The van der Waals surface area contributed by atoms with Gasteiger partial charge in [0.2, 0.25) is 10.0 Å². The molecule has 0 spiro atoms. The van der Waals surface area contributed by atoms with Crippen LogP contribution in [-0.4, -0.2) is 25.5 Å². The lowest BCUT2D eigenvalue weighted by Crippen LogP contribution is -2.41. The lowest BCUT2D eigenvalue weighted by molar-refractivity contribution is -0.139. The van der Waals surface area contributed by atoms with Crippen LogP contribution in [0.5, 0.6) is 0 Å². The predicted octanol–water partition coefficient (Wildman–Crippen LogP) is 2.12. The molecule has 0 aliphatic heterocycles. The maximum absolute atomic E-state index is 11.9. The molecule has 0 radical (unpaired) electrons. The Kier molecular flexibility index (Phi) is 5.96. The first-order chi connectivity index (χ1) is 8.85. The Labute approximate surface area is 121 Å². The van der Waals surface area contributed by atoms with Crippen molar-refractivity contribution >= 4 is 31.9 Å². The van der Waals surface area contributed by atoms with Crippen LogP contribution in [0.15, 0.2) is 28.7 Å². The molecule has 19 heavy (non-hydrogen) atoms. The van der Waals surface area contributed by atoms with E-state index in [0.717, 1.165) is 0 Å². The van der Waals surface area contributed by atoms with Crippen LogP contribution in [0.4, 0.5) is 0 Å². The van der Waals surface area contributed by atoms with Crippen LogP contribution in [0.2, 0.25) is 0 Å². The van der Waals surface area contributed by atoms with E-state index in [1.807, 2.05) is 0 Å². The zero-order valence-electron chi connectivity index (χ0n) is 10.5. The van der Waals surface area contributed by atoms with Crippen LogP contribution in [0.1, 0.15) is 25.3 Å². The van der Waals surface area contributed by atoms with E-state index in [9.17, 15) is 13.2 Å². The maximum atomic E-state index is 11.9. The summed E-state index contributed by atoms with van der Waals surface area (Å²) in [4.78, 5) is 11.0. The molecular weight excluding hydrogens is 334 g/mol. The van der Waals surface area contributed by atoms with Gasteiger partial charge in [-0.15, -0.1) is 0 Å². The molecule has 0 bridgehead atoms. The lowest BCUT2D eigenvalue weighted by atomic mass is 10.2. The first-order valence-electron chi connectivity index (χ1n) is 5.82. The highest BCUT2D eigenvalue weighted by molar-refractivity contribution is 9.10. The zero-order valence-corrected chi connectivity index (χ0v) is 12.9. The Morgan fingerprint density at radius 2 is 2.05 bits per heavy atom. The Balaban J connectivity index is 2.81. The van der Waals surface area contributed by atoms with E-state index in [1.54, 1.807) is 31.2 Å². The molecule has 1 aromatic rings. The Morgan fingerprint density at radius 1 is 1.42 bits per heavy atom. The van der Waals surface area contributed by atoms with Crippen molar-refractivity contribution in [1.29, 1.82) is 0 Å². The second kappa shape index (κ2) is 7.02. The largest absolute Gasteiger partial charge is 0.480 e. The molecule has 1 atom stereocenters. The quantitative estimate of drug-likeness (QED) is 0.789. The minimum Gasteiger partial charge on any atom is -0.480 e. The molecular formula is C12H16BrNO4S. The maximum Gasteiger partial charge on any atom is 0.321 e.